The van der Waals surface area contributed by atoms with Gasteiger partial charge >= 0.3 is 0 Å². The van der Waals surface area contributed by atoms with Crippen molar-refractivity contribution >= 4 is 5.91 Å². The van der Waals surface area contributed by atoms with Crippen LogP contribution in [0.25, 0.3) is 22.9 Å². The summed E-state index contributed by atoms with van der Waals surface area (Å²) in [7, 11) is 0. The number of rotatable bonds is 3. The van der Waals surface area contributed by atoms with Gasteiger partial charge in [0.05, 0.1) is 0 Å². The summed E-state index contributed by atoms with van der Waals surface area (Å²) in [6.45, 7) is 5.89. The van der Waals surface area contributed by atoms with E-state index in [4.69, 9.17) is 4.42 Å². The Morgan fingerprint density at radius 1 is 1.07 bits per heavy atom. The molecule has 4 rings (SSSR count). The van der Waals surface area contributed by atoms with Crippen molar-refractivity contribution in [3.63, 3.8) is 0 Å². The van der Waals surface area contributed by atoms with Crippen LogP contribution in [0, 0.1) is 12.8 Å². The van der Waals surface area contributed by atoms with Gasteiger partial charge in [-0.25, -0.2) is 0 Å². The molecular formula is C22H23N3O2. The Morgan fingerprint density at radius 3 is 2.56 bits per heavy atom. The highest BCUT2D eigenvalue weighted by Crippen LogP contribution is 2.26. The zero-order valence-corrected chi connectivity index (χ0v) is 15.7. The second-order valence-corrected chi connectivity index (χ2v) is 7.30. The third-order valence-electron chi connectivity index (χ3n) is 5.12. The standard InChI is InChI=1S/C22H23N3O2/c1-15-6-5-13-25(14-15)22(26)18-11-9-17(10-12-18)20-23-24-21(27-20)19-8-4-3-7-16(19)2/h3-4,7-12,15H,5-6,13-14H2,1-2H3/t15-/m1/s1. The molecule has 27 heavy (non-hydrogen) atoms. The first kappa shape index (κ1) is 17.5. The van der Waals surface area contributed by atoms with E-state index in [1.807, 2.05) is 60.4 Å². The molecule has 0 aliphatic carbocycles. The van der Waals surface area contributed by atoms with Gasteiger partial charge in [0.2, 0.25) is 11.8 Å². The third-order valence-corrected chi connectivity index (χ3v) is 5.12. The van der Waals surface area contributed by atoms with E-state index in [9.17, 15) is 4.79 Å². The summed E-state index contributed by atoms with van der Waals surface area (Å²) in [6.07, 6.45) is 2.28. The third kappa shape index (κ3) is 3.63. The number of amides is 1. The van der Waals surface area contributed by atoms with E-state index in [-0.39, 0.29) is 5.91 Å². The minimum Gasteiger partial charge on any atom is -0.416 e. The van der Waals surface area contributed by atoms with E-state index in [1.54, 1.807) is 0 Å². The second kappa shape index (κ2) is 7.35. The monoisotopic (exact) mass is 361 g/mol. The molecule has 138 valence electrons. The molecule has 1 amide bonds. The fourth-order valence-corrected chi connectivity index (χ4v) is 3.57. The molecule has 2 aromatic carbocycles. The number of nitrogens with zero attached hydrogens (tertiary/aromatic N) is 3. The minimum absolute atomic E-state index is 0.0965. The van der Waals surface area contributed by atoms with Crippen LogP contribution in [-0.2, 0) is 0 Å². The Bertz CT molecular complexity index is 946. The summed E-state index contributed by atoms with van der Waals surface area (Å²) in [4.78, 5) is 14.6. The summed E-state index contributed by atoms with van der Waals surface area (Å²) in [5.74, 6) is 1.63. The quantitative estimate of drug-likeness (QED) is 0.685. The zero-order valence-electron chi connectivity index (χ0n) is 15.7. The summed E-state index contributed by atoms with van der Waals surface area (Å²) < 4.78 is 5.85. The molecule has 0 spiro atoms. The zero-order chi connectivity index (χ0) is 18.8. The average Bonchev–Trinajstić information content (AvgIpc) is 3.18. The molecule has 1 aliphatic heterocycles. The van der Waals surface area contributed by atoms with Gasteiger partial charge in [0.25, 0.3) is 5.91 Å². The van der Waals surface area contributed by atoms with Gasteiger partial charge in [-0.3, -0.25) is 4.79 Å². The summed E-state index contributed by atoms with van der Waals surface area (Å²) in [5, 5.41) is 8.34. The summed E-state index contributed by atoms with van der Waals surface area (Å²) in [6, 6.07) is 15.3. The van der Waals surface area contributed by atoms with Crippen LogP contribution in [0.2, 0.25) is 0 Å². The maximum Gasteiger partial charge on any atom is 0.253 e. The van der Waals surface area contributed by atoms with Crippen LogP contribution in [0.4, 0.5) is 0 Å². The van der Waals surface area contributed by atoms with Crippen LogP contribution < -0.4 is 0 Å². The van der Waals surface area contributed by atoms with Crippen molar-refractivity contribution in [3.8, 4) is 22.9 Å². The first-order valence-corrected chi connectivity index (χ1v) is 9.41. The van der Waals surface area contributed by atoms with Crippen LogP contribution in [0.15, 0.2) is 52.9 Å². The molecule has 3 aromatic rings. The Hall–Kier alpha value is -2.95. The minimum atomic E-state index is 0.0965. The number of likely N-dealkylation sites (tertiary alicyclic amines) is 1. The molecule has 1 aromatic heterocycles. The molecule has 1 saturated heterocycles. The molecule has 1 aliphatic rings. The number of hydrogen-bond donors (Lipinski definition) is 0. The Morgan fingerprint density at radius 2 is 1.81 bits per heavy atom. The highest BCUT2D eigenvalue weighted by atomic mass is 16.4. The first-order chi connectivity index (χ1) is 13.1. The highest BCUT2D eigenvalue weighted by molar-refractivity contribution is 5.94. The van der Waals surface area contributed by atoms with Crippen LogP contribution in [-0.4, -0.2) is 34.1 Å². The van der Waals surface area contributed by atoms with Crippen molar-refractivity contribution in [3.05, 3.63) is 59.7 Å². The van der Waals surface area contributed by atoms with Gasteiger partial charge < -0.3 is 9.32 Å². The van der Waals surface area contributed by atoms with Crippen LogP contribution in [0.5, 0.6) is 0 Å². The Kier molecular flexibility index (Phi) is 4.75. The molecule has 0 bridgehead atoms. The first-order valence-electron chi connectivity index (χ1n) is 9.41. The van der Waals surface area contributed by atoms with Crippen molar-refractivity contribution in [1.29, 1.82) is 0 Å². The van der Waals surface area contributed by atoms with E-state index in [0.717, 1.165) is 36.2 Å². The summed E-state index contributed by atoms with van der Waals surface area (Å²) >= 11 is 0. The van der Waals surface area contributed by atoms with Gasteiger partial charge in [-0.05, 0) is 61.6 Å². The molecule has 2 heterocycles. The van der Waals surface area contributed by atoms with Crippen molar-refractivity contribution in [2.75, 3.05) is 13.1 Å². The maximum atomic E-state index is 12.7. The Balaban J connectivity index is 1.53. The summed E-state index contributed by atoms with van der Waals surface area (Å²) in [5.41, 5.74) is 3.53. The van der Waals surface area contributed by atoms with Crippen molar-refractivity contribution in [2.45, 2.75) is 26.7 Å². The van der Waals surface area contributed by atoms with Crippen molar-refractivity contribution < 1.29 is 9.21 Å². The van der Waals surface area contributed by atoms with Gasteiger partial charge in [-0.15, -0.1) is 10.2 Å². The number of hydrogen-bond acceptors (Lipinski definition) is 4. The van der Waals surface area contributed by atoms with Crippen LogP contribution in [0.3, 0.4) is 0 Å². The van der Waals surface area contributed by atoms with Crippen LogP contribution >= 0.6 is 0 Å². The molecule has 0 radical (unpaired) electrons. The van der Waals surface area contributed by atoms with E-state index in [1.165, 1.54) is 6.42 Å². The second-order valence-electron chi connectivity index (χ2n) is 7.30. The number of piperidine rings is 1. The molecule has 5 heteroatoms. The lowest BCUT2D eigenvalue weighted by molar-refractivity contribution is 0.0683. The van der Waals surface area contributed by atoms with E-state index < -0.39 is 0 Å². The normalized spacial score (nSPS) is 17.1. The van der Waals surface area contributed by atoms with E-state index >= 15 is 0 Å². The molecule has 5 nitrogen and oxygen atoms in total. The largest absolute Gasteiger partial charge is 0.416 e. The number of carbonyl (C=O) groups excluding carboxylic acids is 1. The number of aryl methyl sites for hydroxylation is 1. The average molecular weight is 361 g/mol. The van der Waals surface area contributed by atoms with E-state index in [0.29, 0.717) is 23.3 Å². The molecule has 0 unspecified atom stereocenters. The molecule has 1 atom stereocenters. The van der Waals surface area contributed by atoms with Crippen molar-refractivity contribution in [2.24, 2.45) is 5.92 Å². The van der Waals surface area contributed by atoms with Gasteiger partial charge in [-0.1, -0.05) is 25.1 Å². The topological polar surface area (TPSA) is 59.2 Å². The lowest BCUT2D eigenvalue weighted by Crippen LogP contribution is -2.39. The molecule has 0 N–H and O–H groups in total. The lowest BCUT2D eigenvalue weighted by Gasteiger charge is -2.31. The maximum absolute atomic E-state index is 12.7. The molecular weight excluding hydrogens is 338 g/mol. The van der Waals surface area contributed by atoms with Crippen LogP contribution in [0.1, 0.15) is 35.7 Å². The highest BCUT2D eigenvalue weighted by Gasteiger charge is 2.22. The fraction of sp³-hybridized carbons (Fsp3) is 0.318. The number of carbonyl (C=O) groups is 1. The van der Waals surface area contributed by atoms with Gasteiger partial charge in [0.1, 0.15) is 0 Å². The van der Waals surface area contributed by atoms with Gasteiger partial charge in [0.15, 0.2) is 0 Å². The van der Waals surface area contributed by atoms with Gasteiger partial charge in [-0.2, -0.15) is 0 Å². The predicted molar refractivity (Wildman–Crippen MR) is 104 cm³/mol. The smallest absolute Gasteiger partial charge is 0.253 e. The fourth-order valence-electron chi connectivity index (χ4n) is 3.57. The van der Waals surface area contributed by atoms with E-state index in [2.05, 4.69) is 17.1 Å². The predicted octanol–water partition coefficient (Wildman–Crippen LogP) is 4.58. The molecule has 1 fully saturated rings. The SMILES string of the molecule is Cc1ccccc1-c1nnc(-c2ccc(C(=O)N3CCC[C@@H](C)C3)cc2)o1. The Labute approximate surface area is 159 Å². The number of benzene rings is 2. The number of aromatic nitrogens is 2. The van der Waals surface area contributed by atoms with Crippen molar-refractivity contribution in [1.82, 2.24) is 15.1 Å². The lowest BCUT2D eigenvalue weighted by atomic mass is 9.99. The van der Waals surface area contributed by atoms with Gasteiger partial charge in [0, 0.05) is 29.8 Å². The molecule has 0 saturated carbocycles.